The second-order valence-corrected chi connectivity index (χ2v) is 5.66. The number of ether oxygens (including phenoxy) is 1. The lowest BCUT2D eigenvalue weighted by Crippen LogP contribution is -2.15. The number of aryl methyl sites for hydroxylation is 2. The lowest BCUT2D eigenvalue weighted by atomic mass is 10.1. The van der Waals surface area contributed by atoms with Crippen LogP contribution in [0.1, 0.15) is 23.4 Å². The van der Waals surface area contributed by atoms with Crippen molar-refractivity contribution in [2.75, 3.05) is 5.32 Å². The van der Waals surface area contributed by atoms with Crippen LogP contribution in [0.4, 0.5) is 14.5 Å². The van der Waals surface area contributed by atoms with E-state index in [1.54, 1.807) is 16.6 Å². The van der Waals surface area contributed by atoms with E-state index in [0.29, 0.717) is 12.2 Å². The third-order valence-corrected chi connectivity index (χ3v) is 3.97. The van der Waals surface area contributed by atoms with Gasteiger partial charge in [0.2, 0.25) is 5.91 Å². The summed E-state index contributed by atoms with van der Waals surface area (Å²) >= 11 is 0. The summed E-state index contributed by atoms with van der Waals surface area (Å²) in [5.41, 5.74) is 2.74. The first-order valence-corrected chi connectivity index (χ1v) is 7.95. The number of amides is 1. The van der Waals surface area contributed by atoms with Gasteiger partial charge in [-0.3, -0.25) is 4.79 Å². The molecule has 0 atom stereocenters. The third kappa shape index (κ3) is 3.76. The Morgan fingerprint density at radius 3 is 2.85 bits per heavy atom. The fourth-order valence-corrected chi connectivity index (χ4v) is 2.74. The molecule has 0 fully saturated rings. The van der Waals surface area contributed by atoms with Crippen LogP contribution in [0.25, 0.3) is 5.78 Å². The summed E-state index contributed by atoms with van der Waals surface area (Å²) in [4.78, 5) is 20.7. The van der Waals surface area contributed by atoms with E-state index in [-0.39, 0.29) is 23.8 Å². The minimum absolute atomic E-state index is 0.0751. The average molecular weight is 361 g/mol. The first-order chi connectivity index (χ1) is 12.5. The highest BCUT2D eigenvalue weighted by molar-refractivity contribution is 5.92. The quantitative estimate of drug-likeness (QED) is 0.730. The van der Waals surface area contributed by atoms with Gasteiger partial charge in [-0.2, -0.15) is 18.9 Å². The van der Waals surface area contributed by atoms with Crippen LogP contribution in [0.5, 0.6) is 5.75 Å². The number of carbonyl (C=O) groups excluding carboxylic acids is 1. The summed E-state index contributed by atoms with van der Waals surface area (Å²) in [6, 6.07) is 6.07. The molecule has 3 rings (SSSR count). The van der Waals surface area contributed by atoms with Crippen molar-refractivity contribution >= 4 is 17.4 Å². The number of para-hydroxylation sites is 2. The molecule has 0 aliphatic carbocycles. The van der Waals surface area contributed by atoms with Crippen molar-refractivity contribution in [2.45, 2.75) is 33.3 Å². The van der Waals surface area contributed by atoms with Crippen molar-refractivity contribution in [1.29, 1.82) is 0 Å². The van der Waals surface area contributed by atoms with Crippen molar-refractivity contribution in [3.05, 3.63) is 47.5 Å². The molecule has 3 aromatic rings. The van der Waals surface area contributed by atoms with Crippen LogP contribution in [0.2, 0.25) is 0 Å². The first-order valence-electron chi connectivity index (χ1n) is 7.95. The third-order valence-electron chi connectivity index (χ3n) is 3.97. The minimum atomic E-state index is -2.96. The molecule has 1 amide bonds. The Balaban J connectivity index is 1.70. The molecule has 0 radical (unpaired) electrons. The number of hydrogen-bond donors (Lipinski definition) is 1. The SMILES string of the molecule is Cc1nc2ncnn2c(C)c1CCC(=O)Nc1ccccc1OC(F)F. The van der Waals surface area contributed by atoms with Crippen LogP contribution in [0.15, 0.2) is 30.6 Å². The molecule has 0 saturated heterocycles. The van der Waals surface area contributed by atoms with Gasteiger partial charge >= 0.3 is 6.61 Å². The number of nitrogens with one attached hydrogen (secondary N) is 1. The number of rotatable bonds is 6. The fourth-order valence-electron chi connectivity index (χ4n) is 2.74. The highest BCUT2D eigenvalue weighted by Gasteiger charge is 2.14. The van der Waals surface area contributed by atoms with E-state index >= 15 is 0 Å². The predicted octanol–water partition coefficient (Wildman–Crippen LogP) is 2.91. The van der Waals surface area contributed by atoms with Gasteiger partial charge in [-0.15, -0.1) is 0 Å². The van der Waals surface area contributed by atoms with E-state index in [4.69, 9.17) is 0 Å². The monoisotopic (exact) mass is 361 g/mol. The van der Waals surface area contributed by atoms with Crippen molar-refractivity contribution < 1.29 is 18.3 Å². The van der Waals surface area contributed by atoms with Gasteiger partial charge in [-0.05, 0) is 38.0 Å². The Kier molecular flexibility index (Phi) is 5.06. The molecule has 9 heteroatoms. The van der Waals surface area contributed by atoms with Crippen LogP contribution in [0.3, 0.4) is 0 Å². The molecule has 2 heterocycles. The molecule has 2 aromatic heterocycles. The Labute approximate surface area is 148 Å². The van der Waals surface area contributed by atoms with Crippen molar-refractivity contribution in [3.8, 4) is 5.75 Å². The first kappa shape index (κ1) is 17.7. The molecule has 7 nitrogen and oxygen atoms in total. The summed E-state index contributed by atoms with van der Waals surface area (Å²) in [6.45, 7) is 0.773. The number of hydrogen-bond acceptors (Lipinski definition) is 5. The molecular formula is C17H17F2N5O2. The minimum Gasteiger partial charge on any atom is -0.433 e. The molecule has 0 bridgehead atoms. The van der Waals surface area contributed by atoms with Crippen LogP contribution < -0.4 is 10.1 Å². The number of aromatic nitrogens is 4. The maximum atomic E-state index is 12.4. The average Bonchev–Trinajstić information content (AvgIpc) is 3.04. The number of benzene rings is 1. The lowest BCUT2D eigenvalue weighted by molar-refractivity contribution is -0.116. The van der Waals surface area contributed by atoms with E-state index in [2.05, 4.69) is 25.1 Å². The summed E-state index contributed by atoms with van der Waals surface area (Å²) < 4.78 is 30.9. The molecule has 0 spiro atoms. The highest BCUT2D eigenvalue weighted by Crippen LogP contribution is 2.25. The Bertz CT molecular complexity index is 942. The second kappa shape index (κ2) is 7.42. The van der Waals surface area contributed by atoms with Crippen molar-refractivity contribution in [3.63, 3.8) is 0 Å². The highest BCUT2D eigenvalue weighted by atomic mass is 19.3. The zero-order valence-corrected chi connectivity index (χ0v) is 14.2. The normalized spacial score (nSPS) is 11.1. The van der Waals surface area contributed by atoms with Crippen molar-refractivity contribution in [1.82, 2.24) is 19.6 Å². The van der Waals surface area contributed by atoms with Crippen molar-refractivity contribution in [2.24, 2.45) is 0 Å². The van der Waals surface area contributed by atoms with E-state index in [0.717, 1.165) is 17.0 Å². The lowest BCUT2D eigenvalue weighted by Gasteiger charge is -2.13. The van der Waals surface area contributed by atoms with Gasteiger partial charge in [0, 0.05) is 17.8 Å². The van der Waals surface area contributed by atoms with Crippen LogP contribution in [-0.2, 0) is 11.2 Å². The second-order valence-electron chi connectivity index (χ2n) is 5.66. The van der Waals surface area contributed by atoms with E-state index in [9.17, 15) is 13.6 Å². The molecule has 136 valence electrons. The zero-order valence-electron chi connectivity index (χ0n) is 14.2. The molecule has 0 aliphatic rings. The Hall–Kier alpha value is -3.10. The Morgan fingerprint density at radius 1 is 1.31 bits per heavy atom. The zero-order chi connectivity index (χ0) is 18.7. The van der Waals surface area contributed by atoms with Gasteiger partial charge in [0.05, 0.1) is 5.69 Å². The molecule has 0 aliphatic heterocycles. The van der Waals surface area contributed by atoms with Crippen LogP contribution in [0, 0.1) is 13.8 Å². The smallest absolute Gasteiger partial charge is 0.387 e. The summed E-state index contributed by atoms with van der Waals surface area (Å²) in [7, 11) is 0. The number of fused-ring (bicyclic) bond motifs is 1. The van der Waals surface area contributed by atoms with Gasteiger partial charge < -0.3 is 10.1 Å². The molecule has 1 N–H and O–H groups in total. The molecule has 0 saturated carbocycles. The summed E-state index contributed by atoms with van der Waals surface area (Å²) in [5, 5.41) is 6.71. The van der Waals surface area contributed by atoms with E-state index in [1.165, 1.54) is 18.5 Å². The Morgan fingerprint density at radius 2 is 2.08 bits per heavy atom. The molecule has 0 unspecified atom stereocenters. The maximum absolute atomic E-state index is 12.4. The van der Waals surface area contributed by atoms with Crippen LogP contribution >= 0.6 is 0 Å². The van der Waals surface area contributed by atoms with E-state index in [1.807, 2.05) is 13.8 Å². The standard InChI is InChI=1S/C17H17F2N5O2/c1-10-12(11(2)24-17(22-10)20-9-21-24)7-8-15(25)23-13-5-3-4-6-14(13)26-16(18)19/h3-6,9,16H,7-8H2,1-2H3,(H,23,25). The van der Waals surface area contributed by atoms with Gasteiger partial charge in [-0.1, -0.05) is 12.1 Å². The van der Waals surface area contributed by atoms with E-state index < -0.39 is 6.61 Å². The maximum Gasteiger partial charge on any atom is 0.387 e. The van der Waals surface area contributed by atoms with Gasteiger partial charge in [-0.25, -0.2) is 9.50 Å². The molecule has 1 aromatic carbocycles. The number of halogens is 2. The number of alkyl halides is 2. The summed E-state index contributed by atoms with van der Waals surface area (Å²) in [6.07, 6.45) is 2.02. The number of nitrogens with zero attached hydrogens (tertiary/aromatic N) is 4. The number of carbonyl (C=O) groups is 1. The molecular weight excluding hydrogens is 344 g/mol. The molecule has 26 heavy (non-hydrogen) atoms. The van der Waals surface area contributed by atoms with Crippen LogP contribution in [-0.4, -0.2) is 32.1 Å². The fraction of sp³-hybridized carbons (Fsp3) is 0.294. The van der Waals surface area contributed by atoms with Gasteiger partial charge in [0.1, 0.15) is 12.1 Å². The predicted molar refractivity (Wildman–Crippen MR) is 90.3 cm³/mol. The van der Waals surface area contributed by atoms with Gasteiger partial charge in [0.15, 0.2) is 0 Å². The topological polar surface area (TPSA) is 81.4 Å². The van der Waals surface area contributed by atoms with Gasteiger partial charge in [0.25, 0.3) is 5.78 Å². The number of anilines is 1. The largest absolute Gasteiger partial charge is 0.433 e. The summed E-state index contributed by atoms with van der Waals surface area (Å²) in [5.74, 6) is 0.119.